The van der Waals surface area contributed by atoms with Gasteiger partial charge in [0.05, 0.1) is 5.69 Å². The van der Waals surface area contributed by atoms with Crippen molar-refractivity contribution >= 4 is 5.69 Å². The molecule has 1 saturated carbocycles. The molecule has 1 fully saturated rings. The molecule has 3 rings (SSSR count). The van der Waals surface area contributed by atoms with Crippen LogP contribution in [0.15, 0.2) is 30.7 Å². The van der Waals surface area contributed by atoms with Crippen molar-refractivity contribution in [2.45, 2.75) is 46.1 Å². The zero-order valence-corrected chi connectivity index (χ0v) is 13.1. The molecule has 0 saturated heterocycles. The van der Waals surface area contributed by atoms with Gasteiger partial charge in [0.1, 0.15) is 5.82 Å². The second-order valence-electron chi connectivity index (χ2n) is 6.24. The number of rotatable bonds is 3. The van der Waals surface area contributed by atoms with Crippen LogP contribution < -0.4 is 5.32 Å². The molecule has 1 aliphatic rings. The van der Waals surface area contributed by atoms with Crippen molar-refractivity contribution in [2.75, 3.05) is 5.32 Å². The molecule has 2 aromatic heterocycles. The summed E-state index contributed by atoms with van der Waals surface area (Å²) in [7, 11) is 0. The van der Waals surface area contributed by atoms with Crippen molar-refractivity contribution in [1.29, 1.82) is 0 Å². The zero-order chi connectivity index (χ0) is 14.8. The summed E-state index contributed by atoms with van der Waals surface area (Å²) in [6.45, 7) is 6.73. The fourth-order valence-corrected chi connectivity index (χ4v) is 3.29. The van der Waals surface area contributed by atoms with Crippen LogP contribution in [-0.2, 0) is 0 Å². The van der Waals surface area contributed by atoms with Gasteiger partial charge in [0.2, 0.25) is 0 Å². The molecule has 0 bridgehead atoms. The van der Waals surface area contributed by atoms with Gasteiger partial charge in [0.25, 0.3) is 0 Å². The monoisotopic (exact) mass is 284 g/mol. The smallest absolute Gasteiger partial charge is 0.161 e. The average Bonchev–Trinajstić information content (AvgIpc) is 2.90. The lowest BCUT2D eigenvalue weighted by molar-refractivity contribution is 0.253. The van der Waals surface area contributed by atoms with E-state index in [4.69, 9.17) is 0 Å². The van der Waals surface area contributed by atoms with Crippen LogP contribution in [0.2, 0.25) is 0 Å². The summed E-state index contributed by atoms with van der Waals surface area (Å²) < 4.78 is 2.04. The standard InChI is InChI=1S/C17H24N4/c1-12-6-4-7-15(13(12)2)20-16-8-5-9-19-17(16)21-11-10-18-14(21)3/h5,8-13,15,20H,4,6-7H2,1-3H3. The van der Waals surface area contributed by atoms with Gasteiger partial charge in [-0.1, -0.05) is 26.7 Å². The van der Waals surface area contributed by atoms with Gasteiger partial charge in [-0.15, -0.1) is 0 Å². The quantitative estimate of drug-likeness (QED) is 0.932. The first kappa shape index (κ1) is 14.1. The minimum Gasteiger partial charge on any atom is -0.379 e. The van der Waals surface area contributed by atoms with E-state index in [0.29, 0.717) is 12.0 Å². The second kappa shape index (κ2) is 5.88. The SMILES string of the molecule is Cc1nccn1-c1ncccc1NC1CCCC(C)C1C. The summed E-state index contributed by atoms with van der Waals surface area (Å²) in [5.74, 6) is 3.38. The third-order valence-corrected chi connectivity index (χ3v) is 4.89. The number of aromatic nitrogens is 3. The van der Waals surface area contributed by atoms with Crippen LogP contribution in [0.3, 0.4) is 0 Å². The van der Waals surface area contributed by atoms with Gasteiger partial charge >= 0.3 is 0 Å². The molecule has 0 aliphatic heterocycles. The van der Waals surface area contributed by atoms with E-state index in [9.17, 15) is 0 Å². The van der Waals surface area contributed by atoms with Gasteiger partial charge in [-0.05, 0) is 37.3 Å². The molecule has 1 N–H and O–H groups in total. The molecule has 0 amide bonds. The minimum absolute atomic E-state index is 0.528. The lowest BCUT2D eigenvalue weighted by atomic mass is 9.78. The summed E-state index contributed by atoms with van der Waals surface area (Å²) in [4.78, 5) is 8.86. The Balaban J connectivity index is 1.88. The molecule has 4 nitrogen and oxygen atoms in total. The lowest BCUT2D eigenvalue weighted by Gasteiger charge is -2.35. The molecule has 3 unspecified atom stereocenters. The van der Waals surface area contributed by atoms with E-state index in [-0.39, 0.29) is 0 Å². The first-order chi connectivity index (χ1) is 10.2. The fraction of sp³-hybridized carbons (Fsp3) is 0.529. The third-order valence-electron chi connectivity index (χ3n) is 4.89. The number of imidazole rings is 1. The molecule has 0 aromatic carbocycles. The Labute approximate surface area is 126 Å². The van der Waals surface area contributed by atoms with Crippen molar-refractivity contribution in [3.63, 3.8) is 0 Å². The predicted molar refractivity (Wildman–Crippen MR) is 85.7 cm³/mol. The number of hydrogen-bond acceptors (Lipinski definition) is 3. The van der Waals surface area contributed by atoms with Crippen LogP contribution in [0, 0.1) is 18.8 Å². The molecule has 4 heteroatoms. The van der Waals surface area contributed by atoms with Crippen LogP contribution in [0.1, 0.15) is 38.9 Å². The van der Waals surface area contributed by atoms with Gasteiger partial charge in [-0.2, -0.15) is 0 Å². The maximum atomic E-state index is 4.55. The Hall–Kier alpha value is -1.84. The molecular formula is C17H24N4. The second-order valence-corrected chi connectivity index (χ2v) is 6.24. The number of nitrogens with zero attached hydrogens (tertiary/aromatic N) is 3. The van der Waals surface area contributed by atoms with Gasteiger partial charge in [0.15, 0.2) is 5.82 Å². The maximum absolute atomic E-state index is 4.55. The average molecular weight is 284 g/mol. The highest BCUT2D eigenvalue weighted by molar-refractivity contribution is 5.57. The largest absolute Gasteiger partial charge is 0.379 e. The van der Waals surface area contributed by atoms with E-state index in [1.165, 1.54) is 19.3 Å². The Morgan fingerprint density at radius 3 is 2.81 bits per heavy atom. The molecule has 3 atom stereocenters. The molecule has 21 heavy (non-hydrogen) atoms. The predicted octanol–water partition coefficient (Wildman–Crippen LogP) is 3.81. The topological polar surface area (TPSA) is 42.7 Å². The molecule has 0 spiro atoms. The molecule has 0 radical (unpaired) electrons. The van der Waals surface area contributed by atoms with Crippen LogP contribution in [0.5, 0.6) is 0 Å². The van der Waals surface area contributed by atoms with Crippen molar-refractivity contribution in [1.82, 2.24) is 14.5 Å². The van der Waals surface area contributed by atoms with Gasteiger partial charge < -0.3 is 5.32 Å². The molecule has 112 valence electrons. The van der Waals surface area contributed by atoms with Crippen LogP contribution in [-0.4, -0.2) is 20.6 Å². The minimum atomic E-state index is 0.528. The van der Waals surface area contributed by atoms with Gasteiger partial charge in [-0.25, -0.2) is 9.97 Å². The van der Waals surface area contributed by atoms with Crippen molar-refractivity contribution in [3.05, 3.63) is 36.5 Å². The number of hydrogen-bond donors (Lipinski definition) is 1. The van der Waals surface area contributed by atoms with E-state index in [1.54, 1.807) is 0 Å². The zero-order valence-electron chi connectivity index (χ0n) is 13.1. The summed E-state index contributed by atoms with van der Waals surface area (Å²) in [6.07, 6.45) is 9.52. The van der Waals surface area contributed by atoms with Gasteiger partial charge in [0, 0.05) is 24.6 Å². The lowest BCUT2D eigenvalue weighted by Crippen LogP contribution is -2.35. The number of anilines is 1. The highest BCUT2D eigenvalue weighted by Gasteiger charge is 2.27. The molecule has 1 aliphatic carbocycles. The summed E-state index contributed by atoms with van der Waals surface area (Å²) in [6, 6.07) is 4.64. The molecule has 2 heterocycles. The van der Waals surface area contributed by atoms with E-state index < -0.39 is 0 Å². The summed E-state index contributed by atoms with van der Waals surface area (Å²) >= 11 is 0. The number of nitrogens with one attached hydrogen (secondary N) is 1. The van der Waals surface area contributed by atoms with E-state index in [2.05, 4.69) is 35.2 Å². The maximum Gasteiger partial charge on any atom is 0.161 e. The van der Waals surface area contributed by atoms with Crippen LogP contribution >= 0.6 is 0 Å². The van der Waals surface area contributed by atoms with Crippen LogP contribution in [0.4, 0.5) is 5.69 Å². The van der Waals surface area contributed by atoms with E-state index in [1.807, 2.05) is 36.1 Å². The van der Waals surface area contributed by atoms with Gasteiger partial charge in [-0.3, -0.25) is 4.57 Å². The third kappa shape index (κ3) is 2.80. The van der Waals surface area contributed by atoms with Crippen LogP contribution in [0.25, 0.3) is 5.82 Å². The first-order valence-electron chi connectivity index (χ1n) is 7.88. The Morgan fingerprint density at radius 1 is 1.19 bits per heavy atom. The normalized spacial score (nSPS) is 25.8. The molecule has 2 aromatic rings. The summed E-state index contributed by atoms with van der Waals surface area (Å²) in [5, 5.41) is 3.73. The Bertz CT molecular complexity index is 604. The first-order valence-corrected chi connectivity index (χ1v) is 7.88. The highest BCUT2D eigenvalue weighted by atomic mass is 15.1. The summed E-state index contributed by atoms with van der Waals surface area (Å²) in [5.41, 5.74) is 1.10. The van der Waals surface area contributed by atoms with Crippen molar-refractivity contribution in [3.8, 4) is 5.82 Å². The number of pyridine rings is 1. The van der Waals surface area contributed by atoms with E-state index >= 15 is 0 Å². The van der Waals surface area contributed by atoms with E-state index in [0.717, 1.165) is 23.2 Å². The Morgan fingerprint density at radius 2 is 2.05 bits per heavy atom. The van der Waals surface area contributed by atoms with Crippen molar-refractivity contribution in [2.24, 2.45) is 11.8 Å². The Kier molecular flexibility index (Phi) is 3.95. The van der Waals surface area contributed by atoms with Crippen molar-refractivity contribution < 1.29 is 0 Å². The fourth-order valence-electron chi connectivity index (χ4n) is 3.29. The highest BCUT2D eigenvalue weighted by Crippen LogP contribution is 2.32. The molecular weight excluding hydrogens is 260 g/mol. The number of aryl methyl sites for hydroxylation is 1.